The predicted molar refractivity (Wildman–Crippen MR) is 61.4 cm³/mol. The summed E-state index contributed by atoms with van der Waals surface area (Å²) in [5.41, 5.74) is 0.641. The molecule has 2 rings (SSSR count). The van der Waals surface area contributed by atoms with Gasteiger partial charge in [0, 0.05) is 25.2 Å². The second-order valence-electron chi connectivity index (χ2n) is 4.98. The van der Waals surface area contributed by atoms with E-state index in [0.717, 1.165) is 25.4 Å². The zero-order valence-electron chi connectivity index (χ0n) is 10.0. The largest absolute Gasteiger partial charge is 0.469 e. The number of nitrogens with one attached hydrogen (secondary N) is 1. The van der Waals surface area contributed by atoms with Crippen molar-refractivity contribution in [3.63, 3.8) is 0 Å². The lowest BCUT2D eigenvalue weighted by Crippen LogP contribution is -2.58. The maximum atomic E-state index is 12.1. The number of furan rings is 1. The number of amides is 1. The third-order valence-corrected chi connectivity index (χ3v) is 2.84. The Morgan fingerprint density at radius 2 is 2.31 bits per heavy atom. The van der Waals surface area contributed by atoms with Gasteiger partial charge in [-0.05, 0) is 26.8 Å². The van der Waals surface area contributed by atoms with Gasteiger partial charge >= 0.3 is 0 Å². The number of piperazine rings is 1. The summed E-state index contributed by atoms with van der Waals surface area (Å²) in [6.07, 6.45) is 1.53. The van der Waals surface area contributed by atoms with Crippen molar-refractivity contribution in [1.82, 2.24) is 10.2 Å². The number of carbonyl (C=O) groups is 1. The van der Waals surface area contributed by atoms with Crippen LogP contribution in [0.2, 0.25) is 0 Å². The third kappa shape index (κ3) is 2.27. The molecule has 88 valence electrons. The summed E-state index contributed by atoms with van der Waals surface area (Å²) >= 11 is 0. The summed E-state index contributed by atoms with van der Waals surface area (Å²) in [6, 6.07) is 1.79. The second kappa shape index (κ2) is 3.94. The van der Waals surface area contributed by atoms with Crippen LogP contribution in [0.1, 0.15) is 30.0 Å². The Labute approximate surface area is 95.6 Å². The van der Waals surface area contributed by atoms with E-state index in [9.17, 15) is 4.79 Å². The van der Waals surface area contributed by atoms with Gasteiger partial charge in [-0.25, -0.2) is 0 Å². The van der Waals surface area contributed by atoms with E-state index in [2.05, 4.69) is 19.2 Å². The molecule has 1 aliphatic heterocycles. The van der Waals surface area contributed by atoms with E-state index in [4.69, 9.17) is 4.42 Å². The fourth-order valence-corrected chi connectivity index (χ4v) is 2.05. The summed E-state index contributed by atoms with van der Waals surface area (Å²) < 4.78 is 5.17. The molecule has 0 spiro atoms. The molecular formula is C12H18N2O2. The van der Waals surface area contributed by atoms with E-state index in [1.165, 1.54) is 6.26 Å². The monoisotopic (exact) mass is 222 g/mol. The van der Waals surface area contributed by atoms with Crippen LogP contribution in [0.5, 0.6) is 0 Å². The average Bonchev–Trinajstić information content (AvgIpc) is 2.62. The summed E-state index contributed by atoms with van der Waals surface area (Å²) in [6.45, 7) is 8.39. The standard InChI is InChI=1S/C12H18N2O2/c1-9-6-10(7-16-9)11(15)14-5-4-13-12(2,3)8-14/h6-7,13H,4-5,8H2,1-3H3. The highest BCUT2D eigenvalue weighted by atomic mass is 16.3. The fraction of sp³-hybridized carbons (Fsp3) is 0.583. The normalized spacial score (nSPS) is 19.8. The van der Waals surface area contributed by atoms with Crippen LogP contribution in [0, 0.1) is 6.92 Å². The summed E-state index contributed by atoms with van der Waals surface area (Å²) in [5, 5.41) is 3.38. The lowest BCUT2D eigenvalue weighted by molar-refractivity contribution is 0.0651. The van der Waals surface area contributed by atoms with Crippen LogP contribution in [-0.2, 0) is 0 Å². The highest BCUT2D eigenvalue weighted by molar-refractivity contribution is 5.94. The smallest absolute Gasteiger partial charge is 0.257 e. The molecule has 0 aliphatic carbocycles. The van der Waals surface area contributed by atoms with Gasteiger partial charge in [0.05, 0.1) is 5.56 Å². The van der Waals surface area contributed by atoms with Gasteiger partial charge in [-0.3, -0.25) is 4.79 Å². The van der Waals surface area contributed by atoms with Gasteiger partial charge in [0.1, 0.15) is 12.0 Å². The molecule has 0 unspecified atom stereocenters. The Bertz CT molecular complexity index is 395. The first kappa shape index (κ1) is 11.2. The summed E-state index contributed by atoms with van der Waals surface area (Å²) in [5.74, 6) is 0.837. The van der Waals surface area contributed by atoms with Gasteiger partial charge < -0.3 is 14.6 Å². The van der Waals surface area contributed by atoms with Gasteiger partial charge in [0.25, 0.3) is 5.91 Å². The fourth-order valence-electron chi connectivity index (χ4n) is 2.05. The molecule has 0 bridgehead atoms. The minimum absolute atomic E-state index is 0.00725. The minimum atomic E-state index is -0.00725. The van der Waals surface area contributed by atoms with Crippen molar-refractivity contribution < 1.29 is 9.21 Å². The summed E-state index contributed by atoms with van der Waals surface area (Å²) in [7, 11) is 0. The number of hydrogen-bond donors (Lipinski definition) is 1. The molecule has 16 heavy (non-hydrogen) atoms. The number of nitrogens with zero attached hydrogens (tertiary/aromatic N) is 1. The molecule has 1 fully saturated rings. The Hall–Kier alpha value is -1.29. The first-order valence-corrected chi connectivity index (χ1v) is 5.57. The second-order valence-corrected chi connectivity index (χ2v) is 4.98. The quantitative estimate of drug-likeness (QED) is 0.781. The third-order valence-electron chi connectivity index (χ3n) is 2.84. The molecular weight excluding hydrogens is 204 g/mol. The molecule has 2 heterocycles. The Balaban J connectivity index is 2.10. The molecule has 1 aromatic heterocycles. The molecule has 0 saturated carbocycles. The molecule has 1 aliphatic rings. The van der Waals surface area contributed by atoms with Crippen LogP contribution in [0.15, 0.2) is 16.7 Å². The van der Waals surface area contributed by atoms with Gasteiger partial charge in [0.15, 0.2) is 0 Å². The van der Waals surface area contributed by atoms with Crippen molar-refractivity contribution in [3.8, 4) is 0 Å². The highest BCUT2D eigenvalue weighted by Gasteiger charge is 2.29. The Kier molecular flexibility index (Phi) is 2.76. The first-order valence-electron chi connectivity index (χ1n) is 5.57. The SMILES string of the molecule is Cc1cc(C(=O)N2CCNC(C)(C)C2)co1. The molecule has 0 atom stereocenters. The van der Waals surface area contributed by atoms with Crippen molar-refractivity contribution >= 4 is 5.91 Å². The van der Waals surface area contributed by atoms with E-state index in [1.54, 1.807) is 6.07 Å². The highest BCUT2D eigenvalue weighted by Crippen LogP contribution is 2.15. The van der Waals surface area contributed by atoms with Crippen LogP contribution in [0.25, 0.3) is 0 Å². The van der Waals surface area contributed by atoms with E-state index in [-0.39, 0.29) is 11.4 Å². The number of carbonyl (C=O) groups excluding carboxylic acids is 1. The van der Waals surface area contributed by atoms with Crippen molar-refractivity contribution in [3.05, 3.63) is 23.7 Å². The molecule has 1 N–H and O–H groups in total. The summed E-state index contributed by atoms with van der Waals surface area (Å²) in [4.78, 5) is 14.0. The molecule has 1 aromatic rings. The zero-order chi connectivity index (χ0) is 11.8. The topological polar surface area (TPSA) is 45.5 Å². The van der Waals surface area contributed by atoms with Gasteiger partial charge in [-0.2, -0.15) is 0 Å². The van der Waals surface area contributed by atoms with Crippen LogP contribution in [0.3, 0.4) is 0 Å². The molecule has 0 radical (unpaired) electrons. The Morgan fingerprint density at radius 1 is 1.56 bits per heavy atom. The van der Waals surface area contributed by atoms with E-state index >= 15 is 0 Å². The van der Waals surface area contributed by atoms with Crippen LogP contribution >= 0.6 is 0 Å². The Morgan fingerprint density at radius 3 is 2.88 bits per heavy atom. The lowest BCUT2D eigenvalue weighted by atomic mass is 10.0. The van der Waals surface area contributed by atoms with Crippen LogP contribution in [-0.4, -0.2) is 36.0 Å². The molecule has 1 amide bonds. The van der Waals surface area contributed by atoms with Gasteiger partial charge in [-0.1, -0.05) is 0 Å². The number of aryl methyl sites for hydroxylation is 1. The van der Waals surface area contributed by atoms with E-state index in [1.807, 2.05) is 11.8 Å². The maximum Gasteiger partial charge on any atom is 0.257 e. The first-order chi connectivity index (χ1) is 7.48. The molecule has 4 heteroatoms. The predicted octanol–water partition coefficient (Wildman–Crippen LogP) is 1.41. The molecule has 4 nitrogen and oxygen atoms in total. The van der Waals surface area contributed by atoms with E-state index < -0.39 is 0 Å². The van der Waals surface area contributed by atoms with Crippen LogP contribution < -0.4 is 5.32 Å². The average molecular weight is 222 g/mol. The van der Waals surface area contributed by atoms with Crippen molar-refractivity contribution in [1.29, 1.82) is 0 Å². The maximum absolute atomic E-state index is 12.1. The van der Waals surface area contributed by atoms with Crippen molar-refractivity contribution in [2.75, 3.05) is 19.6 Å². The van der Waals surface area contributed by atoms with E-state index in [0.29, 0.717) is 5.56 Å². The molecule has 1 saturated heterocycles. The molecule has 0 aromatic carbocycles. The lowest BCUT2D eigenvalue weighted by Gasteiger charge is -2.38. The van der Waals surface area contributed by atoms with Crippen molar-refractivity contribution in [2.24, 2.45) is 0 Å². The minimum Gasteiger partial charge on any atom is -0.469 e. The van der Waals surface area contributed by atoms with Gasteiger partial charge in [-0.15, -0.1) is 0 Å². The zero-order valence-corrected chi connectivity index (χ0v) is 10.0. The van der Waals surface area contributed by atoms with Crippen molar-refractivity contribution in [2.45, 2.75) is 26.3 Å². The van der Waals surface area contributed by atoms with Gasteiger partial charge in [0.2, 0.25) is 0 Å². The number of rotatable bonds is 1. The van der Waals surface area contributed by atoms with Crippen LogP contribution in [0.4, 0.5) is 0 Å². The number of hydrogen-bond acceptors (Lipinski definition) is 3.